The second-order valence-corrected chi connectivity index (χ2v) is 15.2. The standard InChI is InChI=1S/C39H77O9P/c1-3-5-7-9-11-13-15-16-17-18-19-20-21-22-24-26-28-30-32-45-35-38(36-47-49(43,44)46-34-37(41)33-40)48-39(42)31-29-27-25-23-14-12-10-8-6-4-2/h30,32,37-38,40-41H,3-29,31,33-36H2,1-2H3,(H,43,44)/b32-30-/t37-,38+/m0/s1. The fourth-order valence-corrected chi connectivity index (χ4v) is 6.46. The van der Waals surface area contributed by atoms with Crippen molar-refractivity contribution in [1.82, 2.24) is 0 Å². The lowest BCUT2D eigenvalue weighted by molar-refractivity contribution is -0.153. The summed E-state index contributed by atoms with van der Waals surface area (Å²) < 4.78 is 33.0. The summed E-state index contributed by atoms with van der Waals surface area (Å²) in [5.41, 5.74) is 0. The predicted molar refractivity (Wildman–Crippen MR) is 200 cm³/mol. The van der Waals surface area contributed by atoms with E-state index < -0.39 is 45.8 Å². The number of aliphatic hydroxyl groups is 2. The zero-order valence-electron chi connectivity index (χ0n) is 31.7. The van der Waals surface area contributed by atoms with Gasteiger partial charge in [0.15, 0.2) is 6.10 Å². The SMILES string of the molecule is CCCCCCCCCCCCCCCCCC/C=C\OC[C@H](COP(=O)(O)OC[C@@H](O)CO)OC(=O)CCCCCCCCCCCC. The van der Waals surface area contributed by atoms with E-state index in [1.54, 1.807) is 6.26 Å². The van der Waals surface area contributed by atoms with Crippen molar-refractivity contribution in [1.29, 1.82) is 0 Å². The van der Waals surface area contributed by atoms with Gasteiger partial charge in [-0.2, -0.15) is 0 Å². The molecule has 0 aliphatic heterocycles. The van der Waals surface area contributed by atoms with Crippen LogP contribution in [0.3, 0.4) is 0 Å². The van der Waals surface area contributed by atoms with Gasteiger partial charge in [0.05, 0.1) is 26.1 Å². The summed E-state index contributed by atoms with van der Waals surface area (Å²) in [4.78, 5) is 22.4. The molecule has 0 saturated heterocycles. The first kappa shape index (κ1) is 48.0. The quantitative estimate of drug-likeness (QED) is 0.0246. The van der Waals surface area contributed by atoms with Gasteiger partial charge in [0, 0.05) is 6.42 Å². The summed E-state index contributed by atoms with van der Waals surface area (Å²) in [5.74, 6) is -0.404. The number of phosphoric ester groups is 1. The maximum atomic E-state index is 12.5. The fourth-order valence-electron chi connectivity index (χ4n) is 5.67. The lowest BCUT2D eigenvalue weighted by Crippen LogP contribution is -2.28. The Morgan fingerprint density at radius 1 is 0.612 bits per heavy atom. The minimum atomic E-state index is -4.52. The Labute approximate surface area is 300 Å². The highest BCUT2D eigenvalue weighted by molar-refractivity contribution is 7.47. The largest absolute Gasteiger partial charge is 0.498 e. The van der Waals surface area contributed by atoms with Crippen LogP contribution in [0.25, 0.3) is 0 Å². The van der Waals surface area contributed by atoms with E-state index in [-0.39, 0.29) is 13.0 Å². The normalized spacial score (nSPS) is 14.2. The summed E-state index contributed by atoms with van der Waals surface area (Å²) in [6, 6.07) is 0. The molecule has 0 aromatic rings. The predicted octanol–water partition coefficient (Wildman–Crippen LogP) is 10.9. The van der Waals surface area contributed by atoms with Crippen molar-refractivity contribution in [2.24, 2.45) is 0 Å². The van der Waals surface area contributed by atoms with Gasteiger partial charge in [0.1, 0.15) is 12.7 Å². The molecular formula is C39H77O9P. The summed E-state index contributed by atoms with van der Waals surface area (Å²) in [6.07, 6.45) is 35.5. The van der Waals surface area contributed by atoms with E-state index >= 15 is 0 Å². The lowest BCUT2D eigenvalue weighted by atomic mass is 10.0. The van der Waals surface area contributed by atoms with Crippen LogP contribution in [0, 0.1) is 0 Å². The Kier molecular flexibility index (Phi) is 36.1. The van der Waals surface area contributed by atoms with Crippen molar-refractivity contribution in [3.05, 3.63) is 12.3 Å². The second kappa shape index (κ2) is 36.8. The van der Waals surface area contributed by atoms with Gasteiger partial charge < -0.3 is 24.6 Å². The van der Waals surface area contributed by atoms with Gasteiger partial charge in [0.2, 0.25) is 0 Å². The summed E-state index contributed by atoms with van der Waals surface area (Å²) >= 11 is 0. The topological polar surface area (TPSA) is 132 Å². The van der Waals surface area contributed by atoms with Crippen molar-refractivity contribution in [2.75, 3.05) is 26.4 Å². The molecule has 0 amide bonds. The van der Waals surface area contributed by atoms with Crippen molar-refractivity contribution in [3.8, 4) is 0 Å². The minimum Gasteiger partial charge on any atom is -0.498 e. The molecule has 292 valence electrons. The van der Waals surface area contributed by atoms with Crippen molar-refractivity contribution in [2.45, 2.75) is 206 Å². The number of phosphoric acid groups is 1. The monoisotopic (exact) mass is 721 g/mol. The molecule has 3 atom stereocenters. The van der Waals surface area contributed by atoms with Crippen molar-refractivity contribution < 1.29 is 43.0 Å². The number of ether oxygens (including phenoxy) is 2. The number of esters is 1. The van der Waals surface area contributed by atoms with E-state index in [0.29, 0.717) is 0 Å². The number of rotatable bonds is 39. The van der Waals surface area contributed by atoms with Crippen LogP contribution >= 0.6 is 7.82 Å². The average molecular weight is 721 g/mol. The number of carbonyl (C=O) groups excluding carboxylic acids is 1. The van der Waals surface area contributed by atoms with E-state index in [4.69, 9.17) is 23.6 Å². The van der Waals surface area contributed by atoms with Crippen molar-refractivity contribution >= 4 is 13.8 Å². The smallest absolute Gasteiger partial charge is 0.472 e. The van der Waals surface area contributed by atoms with Gasteiger partial charge >= 0.3 is 13.8 Å². The molecule has 0 aliphatic carbocycles. The van der Waals surface area contributed by atoms with Crippen LogP contribution in [-0.4, -0.2) is 59.7 Å². The molecule has 0 rings (SSSR count). The van der Waals surface area contributed by atoms with Gasteiger partial charge in [-0.25, -0.2) is 4.57 Å². The Hall–Kier alpha value is -0.960. The third kappa shape index (κ3) is 36.6. The van der Waals surface area contributed by atoms with Gasteiger partial charge in [0.25, 0.3) is 0 Å². The Morgan fingerprint density at radius 2 is 1.02 bits per heavy atom. The Balaban J connectivity index is 4.17. The van der Waals surface area contributed by atoms with Crippen molar-refractivity contribution in [3.63, 3.8) is 0 Å². The molecule has 1 unspecified atom stereocenters. The first-order valence-corrected chi connectivity index (χ1v) is 21.7. The van der Waals surface area contributed by atoms with Gasteiger partial charge in [-0.15, -0.1) is 0 Å². The first-order valence-electron chi connectivity index (χ1n) is 20.2. The number of unbranched alkanes of at least 4 members (excludes halogenated alkanes) is 25. The minimum absolute atomic E-state index is 0.0293. The zero-order valence-corrected chi connectivity index (χ0v) is 32.6. The molecule has 10 heteroatoms. The number of allylic oxidation sites excluding steroid dienone is 1. The van der Waals surface area contributed by atoms with Crippen LogP contribution in [0.2, 0.25) is 0 Å². The van der Waals surface area contributed by atoms with E-state index in [9.17, 15) is 19.4 Å². The van der Waals surface area contributed by atoms with E-state index in [2.05, 4.69) is 13.8 Å². The molecule has 0 aromatic heterocycles. The summed E-state index contributed by atoms with van der Waals surface area (Å²) in [5, 5.41) is 18.3. The van der Waals surface area contributed by atoms with Gasteiger partial charge in [-0.05, 0) is 25.3 Å². The number of hydrogen-bond acceptors (Lipinski definition) is 8. The molecule has 0 bridgehead atoms. The molecule has 0 aliphatic rings. The Morgan fingerprint density at radius 3 is 1.47 bits per heavy atom. The molecule has 0 radical (unpaired) electrons. The second-order valence-electron chi connectivity index (χ2n) is 13.7. The van der Waals surface area contributed by atoms with Crippen LogP contribution < -0.4 is 0 Å². The maximum Gasteiger partial charge on any atom is 0.472 e. The third-order valence-corrected chi connectivity index (χ3v) is 9.75. The van der Waals surface area contributed by atoms with Crippen LogP contribution in [0.15, 0.2) is 12.3 Å². The highest BCUT2D eigenvalue weighted by Crippen LogP contribution is 2.43. The molecule has 0 aromatic carbocycles. The first-order chi connectivity index (χ1) is 23.8. The molecule has 0 fully saturated rings. The average Bonchev–Trinajstić information content (AvgIpc) is 3.09. The molecule has 3 N–H and O–H groups in total. The molecule has 0 spiro atoms. The number of hydrogen-bond donors (Lipinski definition) is 3. The van der Waals surface area contributed by atoms with Gasteiger partial charge in [-0.3, -0.25) is 13.8 Å². The molecule has 0 saturated carbocycles. The summed E-state index contributed by atoms with van der Waals surface area (Å²) in [7, 11) is -4.52. The Bertz CT molecular complexity index is 780. The van der Waals surface area contributed by atoms with E-state index in [0.717, 1.165) is 32.1 Å². The van der Waals surface area contributed by atoms with Crippen LogP contribution in [-0.2, 0) is 27.9 Å². The highest BCUT2D eigenvalue weighted by atomic mass is 31.2. The highest BCUT2D eigenvalue weighted by Gasteiger charge is 2.26. The maximum absolute atomic E-state index is 12.5. The molecular weight excluding hydrogens is 643 g/mol. The van der Waals surface area contributed by atoms with Crippen LogP contribution in [0.5, 0.6) is 0 Å². The van der Waals surface area contributed by atoms with Crippen LogP contribution in [0.4, 0.5) is 0 Å². The molecule has 0 heterocycles. The van der Waals surface area contributed by atoms with E-state index in [1.165, 1.54) is 141 Å². The molecule has 9 nitrogen and oxygen atoms in total. The van der Waals surface area contributed by atoms with Gasteiger partial charge in [-0.1, -0.05) is 168 Å². The molecule has 49 heavy (non-hydrogen) atoms. The fraction of sp³-hybridized carbons (Fsp3) is 0.923. The summed E-state index contributed by atoms with van der Waals surface area (Å²) in [6.45, 7) is 2.88. The van der Waals surface area contributed by atoms with Crippen LogP contribution in [0.1, 0.15) is 194 Å². The number of carbonyl (C=O) groups is 1. The number of aliphatic hydroxyl groups excluding tert-OH is 2. The lowest BCUT2D eigenvalue weighted by Gasteiger charge is -2.20. The zero-order chi connectivity index (χ0) is 36.1. The van der Waals surface area contributed by atoms with E-state index in [1.807, 2.05) is 6.08 Å². The third-order valence-electron chi connectivity index (χ3n) is 8.80.